The molecular formula is C17H18N4O3S. The van der Waals surface area contributed by atoms with E-state index in [1.165, 1.54) is 11.8 Å². The van der Waals surface area contributed by atoms with Gasteiger partial charge in [0, 0.05) is 7.05 Å². The minimum Gasteiger partial charge on any atom is -0.486 e. The predicted octanol–water partition coefficient (Wildman–Crippen LogP) is 2.40. The average Bonchev–Trinajstić information content (AvgIpc) is 3.27. The normalized spacial score (nSPS) is 10.6. The van der Waals surface area contributed by atoms with Gasteiger partial charge in [0.1, 0.15) is 18.1 Å². The van der Waals surface area contributed by atoms with Crippen LogP contribution >= 0.6 is 11.8 Å². The molecule has 0 bridgehead atoms. The number of para-hydroxylation sites is 1. The molecule has 0 spiro atoms. The molecule has 0 atom stereocenters. The molecule has 25 heavy (non-hydrogen) atoms. The van der Waals surface area contributed by atoms with Crippen LogP contribution in [-0.4, -0.2) is 26.4 Å². The number of aromatic nitrogens is 3. The van der Waals surface area contributed by atoms with E-state index in [2.05, 4.69) is 15.5 Å². The Morgan fingerprint density at radius 1 is 1.24 bits per heavy atom. The van der Waals surface area contributed by atoms with Gasteiger partial charge >= 0.3 is 0 Å². The predicted molar refractivity (Wildman–Crippen MR) is 93.1 cm³/mol. The maximum absolute atomic E-state index is 11.9. The molecule has 0 aliphatic rings. The van der Waals surface area contributed by atoms with E-state index in [0.717, 1.165) is 11.5 Å². The number of hydrogen-bond donors (Lipinski definition) is 1. The van der Waals surface area contributed by atoms with Crippen LogP contribution in [0.25, 0.3) is 0 Å². The van der Waals surface area contributed by atoms with E-state index < -0.39 is 0 Å². The molecule has 2 aromatic heterocycles. The summed E-state index contributed by atoms with van der Waals surface area (Å²) in [6, 6.07) is 13.1. The van der Waals surface area contributed by atoms with Crippen LogP contribution in [0, 0.1) is 0 Å². The van der Waals surface area contributed by atoms with E-state index in [1.807, 2.05) is 48.0 Å². The van der Waals surface area contributed by atoms with Crippen LogP contribution in [0.3, 0.4) is 0 Å². The number of thioether (sulfide) groups is 1. The highest BCUT2D eigenvalue weighted by Gasteiger charge is 2.12. The first kappa shape index (κ1) is 17.1. The molecule has 0 fully saturated rings. The summed E-state index contributed by atoms with van der Waals surface area (Å²) in [5, 5.41) is 11.7. The second-order valence-corrected chi connectivity index (χ2v) is 6.15. The summed E-state index contributed by atoms with van der Waals surface area (Å²) in [4.78, 5) is 11.9. The second-order valence-electron chi connectivity index (χ2n) is 5.20. The lowest BCUT2D eigenvalue weighted by Gasteiger charge is -2.06. The smallest absolute Gasteiger partial charge is 0.230 e. The minimum atomic E-state index is -0.0912. The van der Waals surface area contributed by atoms with E-state index in [1.54, 1.807) is 12.3 Å². The highest BCUT2D eigenvalue weighted by atomic mass is 32.2. The van der Waals surface area contributed by atoms with Gasteiger partial charge in [-0.15, -0.1) is 10.2 Å². The number of carbonyl (C=O) groups is 1. The Kier molecular flexibility index (Phi) is 5.73. The third-order valence-corrected chi connectivity index (χ3v) is 4.43. The van der Waals surface area contributed by atoms with Crippen LogP contribution in [0.2, 0.25) is 0 Å². The largest absolute Gasteiger partial charge is 0.486 e. The number of amides is 1. The van der Waals surface area contributed by atoms with Gasteiger partial charge in [-0.25, -0.2) is 0 Å². The van der Waals surface area contributed by atoms with Crippen LogP contribution in [0.4, 0.5) is 0 Å². The third-order valence-electron chi connectivity index (χ3n) is 3.41. The van der Waals surface area contributed by atoms with Gasteiger partial charge in [-0.3, -0.25) is 4.79 Å². The minimum absolute atomic E-state index is 0.0912. The van der Waals surface area contributed by atoms with Crippen molar-refractivity contribution in [2.45, 2.75) is 18.3 Å². The van der Waals surface area contributed by atoms with Crippen molar-refractivity contribution in [3.8, 4) is 5.75 Å². The van der Waals surface area contributed by atoms with Crippen LogP contribution in [0.1, 0.15) is 11.6 Å². The molecule has 0 saturated carbocycles. The number of furan rings is 1. The van der Waals surface area contributed by atoms with Crippen LogP contribution < -0.4 is 10.1 Å². The van der Waals surface area contributed by atoms with Crippen LogP contribution in [0.15, 0.2) is 58.3 Å². The number of benzene rings is 1. The standard InChI is InChI=1S/C17H18N4O3S/c1-21-15(11-24-13-6-3-2-4-7-13)19-20-17(21)25-12-16(22)18-10-14-8-5-9-23-14/h2-9H,10-12H2,1H3,(H,18,22). The summed E-state index contributed by atoms with van der Waals surface area (Å²) < 4.78 is 12.7. The van der Waals surface area contributed by atoms with Crippen molar-refractivity contribution in [2.24, 2.45) is 7.05 Å². The lowest BCUT2D eigenvalue weighted by molar-refractivity contribution is -0.118. The molecule has 8 heteroatoms. The first-order chi connectivity index (χ1) is 12.2. The lowest BCUT2D eigenvalue weighted by Crippen LogP contribution is -2.24. The van der Waals surface area contributed by atoms with Gasteiger partial charge in [0.25, 0.3) is 0 Å². The first-order valence-corrected chi connectivity index (χ1v) is 8.69. The summed E-state index contributed by atoms with van der Waals surface area (Å²) in [6.07, 6.45) is 1.58. The number of nitrogens with zero attached hydrogens (tertiary/aromatic N) is 3. The maximum atomic E-state index is 11.9. The first-order valence-electron chi connectivity index (χ1n) is 7.70. The Hall–Kier alpha value is -2.74. The number of nitrogens with one attached hydrogen (secondary N) is 1. The Balaban J connectivity index is 1.46. The molecule has 0 aliphatic heterocycles. The highest BCUT2D eigenvalue weighted by Crippen LogP contribution is 2.17. The zero-order valence-electron chi connectivity index (χ0n) is 13.7. The summed E-state index contributed by atoms with van der Waals surface area (Å²) >= 11 is 1.33. The zero-order valence-corrected chi connectivity index (χ0v) is 14.5. The molecule has 2 heterocycles. The number of carbonyl (C=O) groups excluding carboxylic acids is 1. The summed E-state index contributed by atoms with van der Waals surface area (Å²) in [5.74, 6) is 2.36. The fourth-order valence-electron chi connectivity index (χ4n) is 2.04. The Morgan fingerprint density at radius 3 is 2.84 bits per heavy atom. The maximum Gasteiger partial charge on any atom is 0.230 e. The molecule has 0 saturated heterocycles. The summed E-state index contributed by atoms with van der Waals surface area (Å²) in [5.41, 5.74) is 0. The van der Waals surface area contributed by atoms with Gasteiger partial charge in [0.15, 0.2) is 11.0 Å². The molecule has 1 N–H and O–H groups in total. The van der Waals surface area contributed by atoms with Crippen molar-refractivity contribution in [3.05, 3.63) is 60.3 Å². The molecular weight excluding hydrogens is 340 g/mol. The average molecular weight is 358 g/mol. The van der Waals surface area contributed by atoms with Crippen LogP contribution in [0.5, 0.6) is 5.75 Å². The molecule has 3 aromatic rings. The van der Waals surface area contributed by atoms with E-state index in [9.17, 15) is 4.79 Å². The molecule has 0 aliphatic carbocycles. The molecule has 1 amide bonds. The molecule has 3 rings (SSSR count). The fraction of sp³-hybridized carbons (Fsp3) is 0.235. The van der Waals surface area contributed by atoms with E-state index in [0.29, 0.717) is 24.1 Å². The Bertz CT molecular complexity index is 803. The topological polar surface area (TPSA) is 82.2 Å². The van der Waals surface area contributed by atoms with Crippen LogP contribution in [-0.2, 0) is 25.0 Å². The van der Waals surface area contributed by atoms with Crippen molar-refractivity contribution in [1.82, 2.24) is 20.1 Å². The lowest BCUT2D eigenvalue weighted by atomic mass is 10.3. The van der Waals surface area contributed by atoms with Gasteiger partial charge < -0.3 is 19.0 Å². The van der Waals surface area contributed by atoms with E-state index >= 15 is 0 Å². The SMILES string of the molecule is Cn1c(COc2ccccc2)nnc1SCC(=O)NCc1ccco1. The monoisotopic (exact) mass is 358 g/mol. The number of ether oxygens (including phenoxy) is 1. The molecule has 0 unspecified atom stereocenters. The molecule has 7 nitrogen and oxygen atoms in total. The molecule has 0 radical (unpaired) electrons. The third kappa shape index (κ3) is 4.87. The van der Waals surface area contributed by atoms with Gasteiger partial charge in [-0.2, -0.15) is 0 Å². The van der Waals surface area contributed by atoms with Gasteiger partial charge in [-0.05, 0) is 24.3 Å². The molecule has 130 valence electrons. The number of rotatable bonds is 8. The van der Waals surface area contributed by atoms with Crippen molar-refractivity contribution in [2.75, 3.05) is 5.75 Å². The second kappa shape index (κ2) is 8.39. The summed E-state index contributed by atoms with van der Waals surface area (Å²) in [7, 11) is 1.85. The summed E-state index contributed by atoms with van der Waals surface area (Å²) in [6.45, 7) is 0.695. The quantitative estimate of drug-likeness (QED) is 0.623. The van der Waals surface area contributed by atoms with Crippen molar-refractivity contribution >= 4 is 17.7 Å². The number of hydrogen-bond acceptors (Lipinski definition) is 6. The van der Waals surface area contributed by atoms with Gasteiger partial charge in [-0.1, -0.05) is 30.0 Å². The van der Waals surface area contributed by atoms with Gasteiger partial charge in [0.05, 0.1) is 18.6 Å². The van der Waals surface area contributed by atoms with Crippen molar-refractivity contribution in [3.63, 3.8) is 0 Å². The molecule has 1 aromatic carbocycles. The zero-order chi connectivity index (χ0) is 17.5. The Morgan fingerprint density at radius 2 is 2.08 bits per heavy atom. The van der Waals surface area contributed by atoms with E-state index in [-0.39, 0.29) is 11.7 Å². The Labute approximate surface area is 149 Å². The van der Waals surface area contributed by atoms with E-state index in [4.69, 9.17) is 9.15 Å². The van der Waals surface area contributed by atoms with Crippen molar-refractivity contribution in [1.29, 1.82) is 0 Å². The highest BCUT2D eigenvalue weighted by molar-refractivity contribution is 7.99. The fourth-order valence-corrected chi connectivity index (χ4v) is 2.80. The van der Waals surface area contributed by atoms with Gasteiger partial charge in [0.2, 0.25) is 5.91 Å². The van der Waals surface area contributed by atoms with Crippen molar-refractivity contribution < 1.29 is 13.9 Å².